The van der Waals surface area contributed by atoms with Gasteiger partial charge in [-0.15, -0.1) is 0 Å². The lowest BCUT2D eigenvalue weighted by Crippen LogP contribution is -3.16. The number of nitrogens with one attached hydrogen (secondary N) is 3. The summed E-state index contributed by atoms with van der Waals surface area (Å²) in [6, 6.07) is 8.73. The number of imide groups is 1. The van der Waals surface area contributed by atoms with Gasteiger partial charge in [-0.2, -0.15) is 0 Å². The van der Waals surface area contributed by atoms with Crippen LogP contribution in [-0.2, 0) is 9.53 Å². The molecule has 4 atom stereocenters. The predicted octanol–water partition coefficient (Wildman–Crippen LogP) is 0.266. The second-order valence-corrected chi connectivity index (χ2v) is 6.02. The minimum absolute atomic E-state index is 0.0808. The van der Waals surface area contributed by atoms with Crippen LogP contribution in [0.15, 0.2) is 30.3 Å². The van der Waals surface area contributed by atoms with Gasteiger partial charge in [-0.25, -0.2) is 4.79 Å². The number of urea groups is 1. The van der Waals surface area contributed by atoms with Crippen molar-refractivity contribution in [3.8, 4) is 0 Å². The van der Waals surface area contributed by atoms with Crippen LogP contribution in [-0.4, -0.2) is 43.8 Å². The minimum atomic E-state index is -0.452. The molecule has 1 aromatic carbocycles. The smallest absolute Gasteiger partial charge is 0.321 e. The third-order valence-electron chi connectivity index (χ3n) is 3.94. The fourth-order valence-electron chi connectivity index (χ4n) is 3.16. The van der Waals surface area contributed by atoms with Crippen LogP contribution in [0.2, 0.25) is 0 Å². The van der Waals surface area contributed by atoms with E-state index in [0.29, 0.717) is 6.54 Å². The van der Waals surface area contributed by atoms with Crippen LogP contribution in [0.1, 0.15) is 32.4 Å². The standard InChI is InChI=1S/C17H25N3O3/c1-4-18-17(22)19-16(21)15(14-8-6-5-7-9-14)20-10-12(2)23-13(3)11-20/h5-9,12-13,15H,4,10-11H2,1-3H3,(H2,18,19,21,22)/p+1/t12-,13+,15-/m1/s1. The Bertz CT molecular complexity index is 525. The van der Waals surface area contributed by atoms with E-state index in [-0.39, 0.29) is 18.1 Å². The highest BCUT2D eigenvalue weighted by molar-refractivity contribution is 5.96. The lowest BCUT2D eigenvalue weighted by molar-refractivity contribution is -0.936. The number of rotatable bonds is 4. The number of hydrogen-bond donors (Lipinski definition) is 3. The first-order chi connectivity index (χ1) is 11.0. The summed E-state index contributed by atoms with van der Waals surface area (Å²) in [7, 11) is 0. The summed E-state index contributed by atoms with van der Waals surface area (Å²) >= 11 is 0. The Morgan fingerprint density at radius 3 is 2.39 bits per heavy atom. The normalized spacial score (nSPS) is 25.4. The molecule has 1 aliphatic rings. The van der Waals surface area contributed by atoms with Gasteiger partial charge in [-0.05, 0) is 20.8 Å². The molecule has 0 radical (unpaired) electrons. The monoisotopic (exact) mass is 320 g/mol. The number of carbonyl (C=O) groups excluding carboxylic acids is 2. The van der Waals surface area contributed by atoms with Gasteiger partial charge in [0.15, 0.2) is 6.04 Å². The Morgan fingerprint density at radius 2 is 1.83 bits per heavy atom. The fraction of sp³-hybridized carbons (Fsp3) is 0.529. The average Bonchev–Trinajstić information content (AvgIpc) is 2.47. The molecule has 1 heterocycles. The molecule has 0 aromatic heterocycles. The van der Waals surface area contributed by atoms with E-state index >= 15 is 0 Å². The first-order valence-corrected chi connectivity index (χ1v) is 8.15. The van der Waals surface area contributed by atoms with Crippen molar-refractivity contribution < 1.29 is 19.2 Å². The lowest BCUT2D eigenvalue weighted by atomic mass is 10.0. The van der Waals surface area contributed by atoms with Gasteiger partial charge >= 0.3 is 6.03 Å². The number of morpholine rings is 1. The molecule has 2 rings (SSSR count). The summed E-state index contributed by atoms with van der Waals surface area (Å²) in [6.45, 7) is 7.78. The highest BCUT2D eigenvalue weighted by Crippen LogP contribution is 2.12. The molecular formula is C17H26N3O3+. The maximum absolute atomic E-state index is 12.7. The number of amides is 3. The van der Waals surface area contributed by atoms with Crippen molar-refractivity contribution in [1.82, 2.24) is 10.6 Å². The topological polar surface area (TPSA) is 71.9 Å². The van der Waals surface area contributed by atoms with Crippen molar-refractivity contribution in [2.75, 3.05) is 19.6 Å². The zero-order valence-corrected chi connectivity index (χ0v) is 14.0. The van der Waals surface area contributed by atoms with Crippen molar-refractivity contribution >= 4 is 11.9 Å². The number of carbonyl (C=O) groups is 2. The van der Waals surface area contributed by atoms with Crippen molar-refractivity contribution in [3.05, 3.63) is 35.9 Å². The van der Waals surface area contributed by atoms with E-state index in [1.54, 1.807) is 0 Å². The average molecular weight is 320 g/mol. The number of hydrogen-bond acceptors (Lipinski definition) is 3. The second kappa shape index (κ2) is 8.08. The SMILES string of the molecule is CCNC(=O)NC(=O)[C@@H](c1ccccc1)[NH+]1C[C@@H](C)O[C@@H](C)C1. The molecule has 3 amide bonds. The molecule has 0 bridgehead atoms. The number of ether oxygens (including phenoxy) is 1. The summed E-state index contributed by atoms with van der Waals surface area (Å²) in [5, 5.41) is 5.05. The van der Waals surface area contributed by atoms with E-state index in [2.05, 4.69) is 10.6 Å². The van der Waals surface area contributed by atoms with E-state index in [0.717, 1.165) is 23.6 Å². The third kappa shape index (κ3) is 4.77. The van der Waals surface area contributed by atoms with Crippen molar-refractivity contribution in [1.29, 1.82) is 0 Å². The Morgan fingerprint density at radius 1 is 1.22 bits per heavy atom. The second-order valence-electron chi connectivity index (χ2n) is 6.02. The van der Waals surface area contributed by atoms with Gasteiger partial charge in [0, 0.05) is 12.1 Å². The Hall–Kier alpha value is -1.92. The van der Waals surface area contributed by atoms with Crippen LogP contribution < -0.4 is 15.5 Å². The van der Waals surface area contributed by atoms with Crippen LogP contribution in [0.5, 0.6) is 0 Å². The van der Waals surface area contributed by atoms with Crippen molar-refractivity contribution in [2.24, 2.45) is 0 Å². The molecule has 0 saturated carbocycles. The molecule has 0 aliphatic carbocycles. The fourth-order valence-corrected chi connectivity index (χ4v) is 3.16. The van der Waals surface area contributed by atoms with E-state index in [4.69, 9.17) is 4.74 Å². The zero-order chi connectivity index (χ0) is 16.8. The molecule has 1 aliphatic heterocycles. The Balaban J connectivity index is 2.21. The third-order valence-corrected chi connectivity index (χ3v) is 3.94. The predicted molar refractivity (Wildman–Crippen MR) is 87.1 cm³/mol. The van der Waals surface area contributed by atoms with Gasteiger partial charge in [-0.3, -0.25) is 10.1 Å². The Kier molecular flexibility index (Phi) is 6.12. The van der Waals surface area contributed by atoms with E-state index in [1.165, 1.54) is 0 Å². The zero-order valence-electron chi connectivity index (χ0n) is 14.0. The van der Waals surface area contributed by atoms with Gasteiger partial charge in [0.1, 0.15) is 25.3 Å². The molecule has 1 fully saturated rings. The Labute approximate surface area is 137 Å². The van der Waals surface area contributed by atoms with Crippen LogP contribution in [0.25, 0.3) is 0 Å². The quantitative estimate of drug-likeness (QED) is 0.745. The minimum Gasteiger partial charge on any atom is -0.364 e. The molecule has 1 aromatic rings. The molecular weight excluding hydrogens is 294 g/mol. The summed E-state index contributed by atoms with van der Waals surface area (Å²) in [5.41, 5.74) is 0.908. The van der Waals surface area contributed by atoms with Crippen LogP contribution in [0.3, 0.4) is 0 Å². The van der Waals surface area contributed by atoms with Crippen molar-refractivity contribution in [3.63, 3.8) is 0 Å². The number of quaternary nitrogens is 1. The summed E-state index contributed by atoms with van der Waals surface area (Å²) in [5.74, 6) is -0.279. The van der Waals surface area contributed by atoms with E-state index in [1.807, 2.05) is 51.1 Å². The number of benzene rings is 1. The van der Waals surface area contributed by atoms with Gasteiger partial charge in [0.05, 0.1) is 0 Å². The molecule has 23 heavy (non-hydrogen) atoms. The van der Waals surface area contributed by atoms with Gasteiger partial charge < -0.3 is 15.0 Å². The first kappa shape index (κ1) is 17.4. The van der Waals surface area contributed by atoms with Crippen LogP contribution >= 0.6 is 0 Å². The molecule has 1 saturated heterocycles. The summed E-state index contributed by atoms with van der Waals surface area (Å²) in [4.78, 5) is 25.5. The van der Waals surface area contributed by atoms with Crippen LogP contribution in [0, 0.1) is 0 Å². The molecule has 3 N–H and O–H groups in total. The van der Waals surface area contributed by atoms with Gasteiger partial charge in [0.2, 0.25) is 0 Å². The molecule has 6 nitrogen and oxygen atoms in total. The van der Waals surface area contributed by atoms with Crippen molar-refractivity contribution in [2.45, 2.75) is 39.0 Å². The van der Waals surface area contributed by atoms with Gasteiger partial charge in [0.25, 0.3) is 5.91 Å². The molecule has 126 valence electrons. The largest absolute Gasteiger partial charge is 0.364 e. The maximum atomic E-state index is 12.7. The van der Waals surface area contributed by atoms with E-state index < -0.39 is 12.1 Å². The van der Waals surface area contributed by atoms with Gasteiger partial charge in [-0.1, -0.05) is 30.3 Å². The maximum Gasteiger partial charge on any atom is 0.321 e. The highest BCUT2D eigenvalue weighted by Gasteiger charge is 2.37. The van der Waals surface area contributed by atoms with E-state index in [9.17, 15) is 9.59 Å². The molecule has 6 heteroatoms. The highest BCUT2D eigenvalue weighted by atomic mass is 16.5. The molecule has 1 unspecified atom stereocenters. The summed E-state index contributed by atoms with van der Waals surface area (Å²) < 4.78 is 5.77. The molecule has 0 spiro atoms. The first-order valence-electron chi connectivity index (χ1n) is 8.15. The van der Waals surface area contributed by atoms with Crippen LogP contribution in [0.4, 0.5) is 4.79 Å². The summed E-state index contributed by atoms with van der Waals surface area (Å²) in [6.07, 6.45) is 0.162. The lowest BCUT2D eigenvalue weighted by Gasteiger charge is -2.36.